The Balaban J connectivity index is 2.02. The first-order valence-corrected chi connectivity index (χ1v) is 10.7. The molecule has 2 N–H and O–H groups in total. The molecule has 4 nitrogen and oxygen atoms in total. The lowest BCUT2D eigenvalue weighted by Gasteiger charge is -2.24. The molecule has 27 heavy (non-hydrogen) atoms. The van der Waals surface area contributed by atoms with Gasteiger partial charge in [-0.3, -0.25) is 9.79 Å². The Bertz CT molecular complexity index is 588. The largest absolute Gasteiger partial charge is 0.392 e. The first kappa shape index (κ1) is 22.4. The van der Waals surface area contributed by atoms with E-state index in [1.54, 1.807) is 0 Å². The average Bonchev–Trinajstić information content (AvgIpc) is 3.09. The Kier molecular flexibility index (Phi) is 8.32. The predicted molar refractivity (Wildman–Crippen MR) is 114 cm³/mol. The highest BCUT2D eigenvalue weighted by molar-refractivity contribution is 7.96. The van der Waals surface area contributed by atoms with Crippen LogP contribution in [0.4, 0.5) is 0 Å². The molecule has 0 saturated heterocycles. The molecule has 6 atom stereocenters. The molecule has 1 heterocycles. The van der Waals surface area contributed by atoms with E-state index in [1.807, 2.05) is 18.2 Å². The zero-order valence-corrected chi connectivity index (χ0v) is 17.6. The molecular formula is C22H35NO3S. The molecule has 6 unspecified atom stereocenters. The predicted octanol–water partition coefficient (Wildman–Crippen LogP) is 4.12. The third-order valence-electron chi connectivity index (χ3n) is 6.24. The Hall–Kier alpha value is -0.910. The highest BCUT2D eigenvalue weighted by Gasteiger charge is 2.53. The maximum absolute atomic E-state index is 11.0. The monoisotopic (exact) mass is 393 g/mol. The molecule has 0 radical (unpaired) electrons. The number of hydrogen-bond acceptors (Lipinski definition) is 4. The van der Waals surface area contributed by atoms with Gasteiger partial charge < -0.3 is 10.2 Å². The number of carbonyl (C=O) groups excluding carboxylic acids is 1. The summed E-state index contributed by atoms with van der Waals surface area (Å²) < 4.78 is 0. The van der Waals surface area contributed by atoms with Crippen molar-refractivity contribution < 1.29 is 15.0 Å². The third-order valence-corrected chi connectivity index (χ3v) is 6.47. The van der Waals surface area contributed by atoms with Crippen LogP contribution in [0.5, 0.6) is 0 Å². The lowest BCUT2D eigenvalue weighted by molar-refractivity contribution is -0.110. The number of aliphatic hydroxyl groups excluding tert-OH is 2. The van der Waals surface area contributed by atoms with Crippen LogP contribution in [-0.4, -0.2) is 38.8 Å². The number of fused-ring (bicyclic) bond motifs is 1. The van der Waals surface area contributed by atoms with Crippen molar-refractivity contribution in [3.05, 3.63) is 24.8 Å². The Morgan fingerprint density at radius 3 is 2.85 bits per heavy atom. The number of carbonyl (C=O) groups is 1. The second-order valence-corrected chi connectivity index (χ2v) is 8.77. The highest BCUT2D eigenvalue weighted by atomic mass is 32.1. The van der Waals surface area contributed by atoms with Crippen LogP contribution >= 0.6 is 12.6 Å². The van der Waals surface area contributed by atoms with E-state index in [4.69, 9.17) is 4.99 Å². The number of unbranched alkanes of at least 4 members (excludes halogenated alkanes) is 1. The van der Waals surface area contributed by atoms with Crippen molar-refractivity contribution in [3.63, 3.8) is 0 Å². The number of nitrogens with zero attached hydrogens (tertiary/aromatic N) is 1. The SMILES string of the molecule is C=CC12CC(O)C(C=CC(O)C(C)CCCC)C1CC(CCCC(=O)S)=N2. The Morgan fingerprint density at radius 2 is 2.22 bits per heavy atom. The van der Waals surface area contributed by atoms with Gasteiger partial charge in [-0.1, -0.05) is 44.9 Å². The van der Waals surface area contributed by atoms with Gasteiger partial charge in [0, 0.05) is 30.4 Å². The molecule has 0 spiro atoms. The summed E-state index contributed by atoms with van der Waals surface area (Å²) in [6.45, 7) is 8.22. The van der Waals surface area contributed by atoms with Gasteiger partial charge in [-0.05, 0) is 31.6 Å². The maximum atomic E-state index is 11.0. The minimum absolute atomic E-state index is 0.0243. The van der Waals surface area contributed by atoms with Crippen molar-refractivity contribution in [2.24, 2.45) is 22.7 Å². The molecule has 0 aromatic rings. The molecule has 152 valence electrons. The van der Waals surface area contributed by atoms with Crippen LogP contribution in [0, 0.1) is 17.8 Å². The number of aliphatic hydroxyl groups is 2. The Morgan fingerprint density at radius 1 is 1.48 bits per heavy atom. The van der Waals surface area contributed by atoms with E-state index in [9.17, 15) is 15.0 Å². The van der Waals surface area contributed by atoms with E-state index in [-0.39, 0.29) is 22.9 Å². The van der Waals surface area contributed by atoms with Crippen molar-refractivity contribution in [2.75, 3.05) is 0 Å². The first-order valence-electron chi connectivity index (χ1n) is 10.3. The molecule has 2 aliphatic rings. The van der Waals surface area contributed by atoms with Gasteiger partial charge in [-0.25, -0.2) is 0 Å². The van der Waals surface area contributed by atoms with E-state index in [2.05, 4.69) is 33.1 Å². The smallest absolute Gasteiger partial charge is 0.185 e. The second-order valence-electron chi connectivity index (χ2n) is 8.28. The summed E-state index contributed by atoms with van der Waals surface area (Å²) in [7, 11) is 0. The molecule has 1 fully saturated rings. The summed E-state index contributed by atoms with van der Waals surface area (Å²) in [5.74, 6) is 0.378. The van der Waals surface area contributed by atoms with Gasteiger partial charge in [0.25, 0.3) is 0 Å². The van der Waals surface area contributed by atoms with Crippen molar-refractivity contribution in [3.8, 4) is 0 Å². The number of rotatable bonds is 11. The van der Waals surface area contributed by atoms with Crippen LogP contribution in [0.2, 0.25) is 0 Å². The highest BCUT2D eigenvalue weighted by Crippen LogP contribution is 2.50. The molecule has 0 bridgehead atoms. The average molecular weight is 394 g/mol. The quantitative estimate of drug-likeness (QED) is 0.365. The van der Waals surface area contributed by atoms with Crippen LogP contribution in [0.3, 0.4) is 0 Å². The number of aliphatic imine (C=N–C) groups is 1. The molecular weight excluding hydrogens is 358 g/mol. The van der Waals surface area contributed by atoms with Gasteiger partial charge in [0.2, 0.25) is 0 Å². The fourth-order valence-corrected chi connectivity index (χ4v) is 4.69. The van der Waals surface area contributed by atoms with Gasteiger partial charge in [-0.2, -0.15) is 0 Å². The number of hydrogen-bond donors (Lipinski definition) is 3. The van der Waals surface area contributed by atoms with Crippen molar-refractivity contribution in [1.29, 1.82) is 0 Å². The molecule has 2 rings (SSSR count). The summed E-state index contributed by atoms with van der Waals surface area (Å²) in [4.78, 5) is 15.9. The van der Waals surface area contributed by atoms with E-state index in [0.717, 1.165) is 44.2 Å². The lowest BCUT2D eigenvalue weighted by atomic mass is 9.82. The summed E-state index contributed by atoms with van der Waals surface area (Å²) in [5, 5.41) is 20.9. The molecule has 0 aromatic heterocycles. The van der Waals surface area contributed by atoms with Crippen LogP contribution in [0.25, 0.3) is 0 Å². The number of thiol groups is 1. The van der Waals surface area contributed by atoms with E-state index < -0.39 is 17.7 Å². The lowest BCUT2D eigenvalue weighted by Crippen LogP contribution is -2.26. The molecule has 0 amide bonds. The maximum Gasteiger partial charge on any atom is 0.185 e. The summed E-state index contributed by atoms with van der Waals surface area (Å²) in [6, 6.07) is 0. The van der Waals surface area contributed by atoms with Gasteiger partial charge in [0.1, 0.15) is 0 Å². The first-order chi connectivity index (χ1) is 12.8. The fourth-order valence-electron chi connectivity index (χ4n) is 4.53. The molecule has 5 heteroatoms. The summed E-state index contributed by atoms with van der Waals surface area (Å²) in [5.41, 5.74) is 0.699. The zero-order valence-electron chi connectivity index (χ0n) is 16.7. The molecule has 1 aliphatic carbocycles. The van der Waals surface area contributed by atoms with Gasteiger partial charge >= 0.3 is 0 Å². The fraction of sp³-hybridized carbons (Fsp3) is 0.727. The standard InChI is InChI=1S/C22H35NO3S/c1-4-6-8-15(3)19(24)12-11-17-18-13-16(9-7-10-21(26)27)23-22(18,5-2)14-20(17)25/h5,11-12,15,17-20,24-25H,2,4,6-10,13-14H2,1,3H3,(H,26,27). The molecule has 0 aromatic carbocycles. The third kappa shape index (κ3) is 5.55. The summed E-state index contributed by atoms with van der Waals surface area (Å²) in [6.07, 6.45) is 11.5. The van der Waals surface area contributed by atoms with E-state index in [0.29, 0.717) is 12.8 Å². The summed E-state index contributed by atoms with van der Waals surface area (Å²) >= 11 is 3.82. The van der Waals surface area contributed by atoms with Crippen LogP contribution in [0.1, 0.15) is 65.2 Å². The van der Waals surface area contributed by atoms with Gasteiger partial charge in [0.05, 0.1) is 17.7 Å². The minimum atomic E-state index is -0.481. The van der Waals surface area contributed by atoms with Gasteiger partial charge in [-0.15, -0.1) is 19.2 Å². The van der Waals surface area contributed by atoms with Gasteiger partial charge in [0.15, 0.2) is 5.12 Å². The molecule has 1 saturated carbocycles. The van der Waals surface area contributed by atoms with Crippen molar-refractivity contribution >= 4 is 23.5 Å². The molecule has 1 aliphatic heterocycles. The topological polar surface area (TPSA) is 69.9 Å². The minimum Gasteiger partial charge on any atom is -0.392 e. The second kappa shape index (κ2) is 10.0. The van der Waals surface area contributed by atoms with Crippen molar-refractivity contribution in [1.82, 2.24) is 0 Å². The zero-order chi connectivity index (χ0) is 20.0. The normalized spacial score (nSPS) is 32.3. The van der Waals surface area contributed by atoms with Crippen LogP contribution < -0.4 is 0 Å². The van der Waals surface area contributed by atoms with Crippen LogP contribution in [0.15, 0.2) is 29.8 Å². The van der Waals surface area contributed by atoms with Crippen LogP contribution in [-0.2, 0) is 4.79 Å². The van der Waals surface area contributed by atoms with E-state index >= 15 is 0 Å². The van der Waals surface area contributed by atoms with Crippen molar-refractivity contribution in [2.45, 2.75) is 83.0 Å². The van der Waals surface area contributed by atoms with E-state index in [1.165, 1.54) is 0 Å². The Labute approximate surface area is 169 Å².